The van der Waals surface area contributed by atoms with E-state index in [1.165, 1.54) is 12.1 Å². The molecule has 0 fully saturated rings. The van der Waals surface area contributed by atoms with E-state index in [0.29, 0.717) is 22.9 Å². The van der Waals surface area contributed by atoms with Crippen LogP contribution in [0, 0.1) is 17.2 Å². The summed E-state index contributed by atoms with van der Waals surface area (Å²) in [6.45, 7) is 6.42. The number of methoxy groups -OCH3 is 1. The van der Waals surface area contributed by atoms with Crippen LogP contribution >= 0.6 is 0 Å². The quantitative estimate of drug-likeness (QED) is 0.244. The average molecular weight is 567 g/mol. The maximum absolute atomic E-state index is 13.7. The van der Waals surface area contributed by atoms with Gasteiger partial charge in [-0.2, -0.15) is 0 Å². The van der Waals surface area contributed by atoms with Crippen LogP contribution < -0.4 is 10.1 Å². The van der Waals surface area contributed by atoms with Crippen LogP contribution in [0.25, 0.3) is 22.6 Å². The van der Waals surface area contributed by atoms with E-state index in [0.717, 1.165) is 40.1 Å². The Balaban J connectivity index is 1.48. The SMILES string of the molecule is COc1ccc(C=C2CC(C(C)(C)C)Cc3c2nc2ccccc2c3C(=O)OCC(=O)NCc2ccc(F)cc2)cc1. The summed E-state index contributed by atoms with van der Waals surface area (Å²) in [5, 5.41) is 3.43. The molecule has 1 aliphatic carbocycles. The maximum atomic E-state index is 13.7. The fraction of sp³-hybridized carbons (Fsp3) is 0.286. The zero-order valence-corrected chi connectivity index (χ0v) is 24.4. The number of hydrogen-bond donors (Lipinski definition) is 1. The molecular formula is C35H35FN2O4. The van der Waals surface area contributed by atoms with E-state index in [1.54, 1.807) is 19.2 Å². The number of nitrogens with zero attached hydrogens (tertiary/aromatic N) is 1. The first-order chi connectivity index (χ1) is 20.1. The third-order valence-electron chi connectivity index (χ3n) is 7.84. The highest BCUT2D eigenvalue weighted by Gasteiger charge is 2.35. The first-order valence-corrected chi connectivity index (χ1v) is 14.1. The first-order valence-electron chi connectivity index (χ1n) is 14.1. The zero-order valence-electron chi connectivity index (χ0n) is 24.4. The molecule has 0 bridgehead atoms. The number of rotatable bonds is 7. The number of esters is 1. The normalized spacial score (nSPS) is 15.7. The summed E-state index contributed by atoms with van der Waals surface area (Å²) in [7, 11) is 1.64. The average Bonchev–Trinajstić information content (AvgIpc) is 2.98. The van der Waals surface area contributed by atoms with E-state index < -0.39 is 18.5 Å². The van der Waals surface area contributed by atoms with Crippen molar-refractivity contribution in [1.29, 1.82) is 0 Å². The molecule has 1 N–H and O–H groups in total. The molecule has 4 aromatic rings. The molecule has 1 amide bonds. The lowest BCUT2D eigenvalue weighted by Gasteiger charge is -2.36. The van der Waals surface area contributed by atoms with Crippen LogP contribution in [0.5, 0.6) is 5.75 Å². The number of benzene rings is 3. The van der Waals surface area contributed by atoms with Crippen molar-refractivity contribution in [3.63, 3.8) is 0 Å². The van der Waals surface area contributed by atoms with Gasteiger partial charge in [0.2, 0.25) is 0 Å². The zero-order chi connectivity index (χ0) is 29.9. The van der Waals surface area contributed by atoms with Gasteiger partial charge in [-0.3, -0.25) is 4.79 Å². The summed E-state index contributed by atoms with van der Waals surface area (Å²) < 4.78 is 24.1. The van der Waals surface area contributed by atoms with Gasteiger partial charge in [-0.25, -0.2) is 14.2 Å². The van der Waals surface area contributed by atoms with Gasteiger partial charge in [-0.1, -0.05) is 63.2 Å². The number of ether oxygens (including phenoxy) is 2. The number of pyridine rings is 1. The second-order valence-corrected chi connectivity index (χ2v) is 11.7. The van der Waals surface area contributed by atoms with Crippen molar-refractivity contribution in [2.75, 3.05) is 13.7 Å². The van der Waals surface area contributed by atoms with Gasteiger partial charge >= 0.3 is 5.97 Å². The number of nitrogens with one attached hydrogen (secondary N) is 1. The Kier molecular flexibility index (Phi) is 8.39. The predicted octanol–water partition coefficient (Wildman–Crippen LogP) is 7.00. The number of amides is 1. The Hall–Kier alpha value is -4.52. The summed E-state index contributed by atoms with van der Waals surface area (Å²) in [6.07, 6.45) is 3.61. The highest BCUT2D eigenvalue weighted by Crippen LogP contribution is 2.45. The van der Waals surface area contributed by atoms with Crippen LogP contribution in [0.4, 0.5) is 4.39 Å². The Morgan fingerprint density at radius 2 is 1.71 bits per heavy atom. The van der Waals surface area contributed by atoms with Gasteiger partial charge in [0, 0.05) is 11.9 Å². The Bertz CT molecular complexity index is 1640. The van der Waals surface area contributed by atoms with Crippen molar-refractivity contribution in [3.05, 3.63) is 107 Å². The summed E-state index contributed by atoms with van der Waals surface area (Å²) >= 11 is 0. The largest absolute Gasteiger partial charge is 0.497 e. The van der Waals surface area contributed by atoms with Gasteiger partial charge in [0.05, 0.1) is 23.9 Å². The number of hydrogen-bond acceptors (Lipinski definition) is 5. The second kappa shape index (κ2) is 12.1. The molecular weight excluding hydrogens is 531 g/mol. The van der Waals surface area contributed by atoms with E-state index >= 15 is 0 Å². The molecule has 5 rings (SSSR count). The van der Waals surface area contributed by atoms with Gasteiger partial charge in [0.1, 0.15) is 11.6 Å². The summed E-state index contributed by atoms with van der Waals surface area (Å²) in [5.41, 5.74) is 5.57. The van der Waals surface area contributed by atoms with Crippen LogP contribution in [0.3, 0.4) is 0 Å². The highest BCUT2D eigenvalue weighted by atomic mass is 19.1. The number of fused-ring (bicyclic) bond motifs is 2. The number of para-hydroxylation sites is 1. The molecule has 7 heteroatoms. The number of allylic oxidation sites excluding steroid dienone is 1. The smallest absolute Gasteiger partial charge is 0.339 e. The molecule has 6 nitrogen and oxygen atoms in total. The maximum Gasteiger partial charge on any atom is 0.339 e. The second-order valence-electron chi connectivity index (χ2n) is 11.7. The fourth-order valence-electron chi connectivity index (χ4n) is 5.33. The van der Waals surface area contributed by atoms with Crippen LogP contribution in [-0.2, 0) is 22.5 Å². The van der Waals surface area contributed by atoms with Crippen molar-refractivity contribution < 1.29 is 23.5 Å². The number of aromatic nitrogens is 1. The van der Waals surface area contributed by atoms with Gasteiger partial charge in [-0.15, -0.1) is 0 Å². The van der Waals surface area contributed by atoms with Crippen molar-refractivity contribution in [1.82, 2.24) is 10.3 Å². The molecule has 216 valence electrons. The topological polar surface area (TPSA) is 77.5 Å². The molecule has 1 unspecified atom stereocenters. The predicted molar refractivity (Wildman–Crippen MR) is 162 cm³/mol. The fourth-order valence-corrected chi connectivity index (χ4v) is 5.33. The lowest BCUT2D eigenvalue weighted by molar-refractivity contribution is -0.124. The lowest BCUT2D eigenvalue weighted by Crippen LogP contribution is -2.30. The highest BCUT2D eigenvalue weighted by molar-refractivity contribution is 6.07. The Morgan fingerprint density at radius 3 is 2.40 bits per heavy atom. The molecule has 1 heterocycles. The van der Waals surface area contributed by atoms with Crippen LogP contribution in [0.15, 0.2) is 72.8 Å². The molecule has 0 saturated carbocycles. The molecule has 42 heavy (non-hydrogen) atoms. The number of carbonyl (C=O) groups excluding carboxylic acids is 2. The molecule has 0 spiro atoms. The van der Waals surface area contributed by atoms with Gasteiger partial charge in [-0.05, 0) is 82.8 Å². The summed E-state index contributed by atoms with van der Waals surface area (Å²) in [4.78, 5) is 31.3. The van der Waals surface area contributed by atoms with E-state index in [4.69, 9.17) is 14.5 Å². The number of carbonyl (C=O) groups is 2. The van der Waals surface area contributed by atoms with E-state index in [9.17, 15) is 14.0 Å². The molecule has 1 aromatic heterocycles. The van der Waals surface area contributed by atoms with Gasteiger partial charge in [0.15, 0.2) is 6.61 Å². The summed E-state index contributed by atoms with van der Waals surface area (Å²) in [5.74, 6) is -0.303. The van der Waals surface area contributed by atoms with Gasteiger partial charge in [0.25, 0.3) is 5.91 Å². The first kappa shape index (κ1) is 29.0. The van der Waals surface area contributed by atoms with Crippen LogP contribution in [-0.4, -0.2) is 30.6 Å². The molecule has 1 atom stereocenters. The standard InChI is InChI=1S/C35H35FN2O4/c1-35(2,3)25-18-24(17-22-11-15-27(41-4)16-12-22)33-29(19-25)32(28-7-5-6-8-30(28)38-33)34(40)42-21-31(39)37-20-23-9-13-26(36)14-10-23/h5-17,25H,18-21H2,1-4H3,(H,37,39). The monoisotopic (exact) mass is 566 g/mol. The molecule has 3 aromatic carbocycles. The van der Waals surface area contributed by atoms with Crippen molar-refractivity contribution in [3.8, 4) is 5.75 Å². The molecule has 0 saturated heterocycles. The van der Waals surface area contributed by atoms with E-state index in [-0.39, 0.29) is 23.7 Å². The molecule has 0 radical (unpaired) electrons. The lowest BCUT2D eigenvalue weighted by atomic mass is 9.69. The minimum Gasteiger partial charge on any atom is -0.497 e. The van der Waals surface area contributed by atoms with Gasteiger partial charge < -0.3 is 14.8 Å². The molecule has 1 aliphatic rings. The Labute approximate surface area is 245 Å². The summed E-state index contributed by atoms with van der Waals surface area (Å²) in [6, 6.07) is 21.3. The van der Waals surface area contributed by atoms with Crippen LogP contribution in [0.1, 0.15) is 59.9 Å². The van der Waals surface area contributed by atoms with Crippen LogP contribution in [0.2, 0.25) is 0 Å². The van der Waals surface area contributed by atoms with E-state index in [2.05, 4.69) is 32.2 Å². The third-order valence-corrected chi connectivity index (χ3v) is 7.84. The minimum atomic E-state index is -0.555. The third kappa shape index (κ3) is 6.51. The minimum absolute atomic E-state index is 0.0241. The van der Waals surface area contributed by atoms with Crippen molar-refractivity contribution in [2.24, 2.45) is 11.3 Å². The molecule has 0 aliphatic heterocycles. The van der Waals surface area contributed by atoms with Crippen molar-refractivity contribution >= 4 is 34.4 Å². The Morgan fingerprint density at radius 1 is 1.00 bits per heavy atom. The number of halogens is 1. The van der Waals surface area contributed by atoms with E-state index in [1.807, 2.05) is 48.5 Å². The van der Waals surface area contributed by atoms with Crippen molar-refractivity contribution in [2.45, 2.75) is 40.2 Å².